The molecule has 0 fully saturated rings. The van der Waals surface area contributed by atoms with Crippen LogP contribution in [0, 0.1) is 0 Å². The normalized spacial score (nSPS) is 14.3. The number of hydrogen-bond acceptors (Lipinski definition) is 15. The number of unbranched alkanes of at least 4 members (excludes halogenated alkanes) is 33. The van der Waals surface area contributed by atoms with Crippen LogP contribution in [0.5, 0.6) is 0 Å². The van der Waals surface area contributed by atoms with Gasteiger partial charge in [0.1, 0.15) is 19.3 Å². The van der Waals surface area contributed by atoms with Crippen molar-refractivity contribution in [2.75, 3.05) is 39.6 Å². The minimum Gasteiger partial charge on any atom is -0.462 e. The smallest absolute Gasteiger partial charge is 0.462 e. The Morgan fingerprint density at radius 1 is 0.312 bits per heavy atom. The van der Waals surface area contributed by atoms with Crippen molar-refractivity contribution in [3.63, 3.8) is 0 Å². The van der Waals surface area contributed by atoms with Crippen molar-refractivity contribution in [2.24, 2.45) is 0 Å². The molecule has 0 aromatic rings. The molecule has 0 aromatic heterocycles. The van der Waals surface area contributed by atoms with Crippen LogP contribution in [0.1, 0.15) is 291 Å². The fourth-order valence-corrected chi connectivity index (χ4v) is 10.2. The number of carbonyl (C=O) groups excluding carboxylic acids is 4. The van der Waals surface area contributed by atoms with Gasteiger partial charge < -0.3 is 33.8 Å². The maximum Gasteiger partial charge on any atom is 0.472 e. The first-order valence-corrected chi connectivity index (χ1v) is 33.8. The third-order valence-electron chi connectivity index (χ3n) is 13.4. The van der Waals surface area contributed by atoms with Crippen molar-refractivity contribution in [3.8, 4) is 0 Å². The quantitative estimate of drug-likeness (QED) is 0.0222. The standard InChI is InChI=1S/C58H112O17P2/c1-5-9-13-17-20-23-25-27-29-32-35-39-43-56(61)69-49-54(75-58(63)45-41-37-33-30-28-26-24-21-18-14-10-6-2)51-73-77(66,67)71-47-52(59)46-70-76(64,65)72-50-53(48-68-55(60)42-38-34-16-12-8-4)74-57(62)44-40-36-31-22-19-15-11-7-3/h52-54,59H,5-51H2,1-4H3,(H,64,65)(H,66,67)/t52-,53+,54+/m0/s1. The van der Waals surface area contributed by atoms with Crippen LogP contribution in [0.3, 0.4) is 0 Å². The van der Waals surface area contributed by atoms with Gasteiger partial charge in [-0.15, -0.1) is 0 Å². The molecule has 456 valence electrons. The summed E-state index contributed by atoms with van der Waals surface area (Å²) in [5.41, 5.74) is 0. The van der Waals surface area contributed by atoms with E-state index in [0.29, 0.717) is 25.7 Å². The Labute approximate surface area is 467 Å². The first-order chi connectivity index (χ1) is 37.2. The van der Waals surface area contributed by atoms with Crippen molar-refractivity contribution >= 4 is 39.5 Å². The molecule has 0 aliphatic heterocycles. The van der Waals surface area contributed by atoms with Crippen LogP contribution in [0.15, 0.2) is 0 Å². The Morgan fingerprint density at radius 2 is 0.519 bits per heavy atom. The first-order valence-electron chi connectivity index (χ1n) is 30.8. The van der Waals surface area contributed by atoms with E-state index in [0.717, 1.165) is 103 Å². The second-order valence-electron chi connectivity index (χ2n) is 21.0. The molecule has 0 bridgehead atoms. The van der Waals surface area contributed by atoms with Gasteiger partial charge in [0.05, 0.1) is 26.4 Å². The van der Waals surface area contributed by atoms with Crippen LogP contribution < -0.4 is 0 Å². The maximum absolute atomic E-state index is 12.9. The van der Waals surface area contributed by atoms with E-state index in [1.807, 2.05) is 0 Å². The molecule has 2 unspecified atom stereocenters. The van der Waals surface area contributed by atoms with Gasteiger partial charge >= 0.3 is 39.5 Å². The fraction of sp³-hybridized carbons (Fsp3) is 0.931. The molecule has 0 aliphatic rings. The lowest BCUT2D eigenvalue weighted by Crippen LogP contribution is -2.30. The van der Waals surface area contributed by atoms with Crippen molar-refractivity contribution in [1.29, 1.82) is 0 Å². The van der Waals surface area contributed by atoms with E-state index in [9.17, 15) is 43.2 Å². The van der Waals surface area contributed by atoms with Crippen LogP contribution in [0.25, 0.3) is 0 Å². The summed E-state index contributed by atoms with van der Waals surface area (Å²) >= 11 is 0. The predicted octanol–water partition coefficient (Wildman–Crippen LogP) is 15.6. The molecule has 19 heteroatoms. The summed E-state index contributed by atoms with van der Waals surface area (Å²) < 4.78 is 67.5. The molecule has 0 saturated carbocycles. The first kappa shape index (κ1) is 75.1. The largest absolute Gasteiger partial charge is 0.472 e. The predicted molar refractivity (Wildman–Crippen MR) is 303 cm³/mol. The number of phosphoric acid groups is 2. The molecule has 0 heterocycles. The Hall–Kier alpha value is -1.94. The number of phosphoric ester groups is 2. The molecule has 0 aliphatic carbocycles. The summed E-state index contributed by atoms with van der Waals surface area (Å²) in [4.78, 5) is 71.6. The van der Waals surface area contributed by atoms with Gasteiger partial charge in [-0.05, 0) is 25.7 Å². The highest BCUT2D eigenvalue weighted by atomic mass is 31.2. The molecule has 17 nitrogen and oxygen atoms in total. The van der Waals surface area contributed by atoms with E-state index in [-0.39, 0.29) is 25.7 Å². The molecular formula is C58H112O17P2. The summed E-state index contributed by atoms with van der Waals surface area (Å²) in [6.07, 6.45) is 36.5. The highest BCUT2D eigenvalue weighted by molar-refractivity contribution is 7.47. The lowest BCUT2D eigenvalue weighted by molar-refractivity contribution is -0.161. The Morgan fingerprint density at radius 3 is 0.766 bits per heavy atom. The molecule has 0 radical (unpaired) electrons. The van der Waals surface area contributed by atoms with Crippen LogP contribution in [-0.2, 0) is 65.4 Å². The third-order valence-corrected chi connectivity index (χ3v) is 15.3. The summed E-state index contributed by atoms with van der Waals surface area (Å²) in [5, 5.41) is 10.5. The maximum atomic E-state index is 12.9. The number of ether oxygens (including phenoxy) is 4. The van der Waals surface area contributed by atoms with Gasteiger partial charge in [0.15, 0.2) is 12.2 Å². The Kier molecular flexibility index (Phi) is 52.0. The fourth-order valence-electron chi connectivity index (χ4n) is 8.57. The minimum absolute atomic E-state index is 0.104. The summed E-state index contributed by atoms with van der Waals surface area (Å²) in [6, 6.07) is 0. The van der Waals surface area contributed by atoms with Crippen molar-refractivity contribution in [1.82, 2.24) is 0 Å². The zero-order valence-electron chi connectivity index (χ0n) is 48.9. The molecule has 0 aromatic carbocycles. The van der Waals surface area contributed by atoms with Crippen molar-refractivity contribution in [3.05, 3.63) is 0 Å². The highest BCUT2D eigenvalue weighted by Gasteiger charge is 2.30. The van der Waals surface area contributed by atoms with Crippen LogP contribution in [0.2, 0.25) is 0 Å². The lowest BCUT2D eigenvalue weighted by Gasteiger charge is -2.21. The van der Waals surface area contributed by atoms with E-state index >= 15 is 0 Å². The zero-order chi connectivity index (χ0) is 56.9. The minimum atomic E-state index is -4.93. The number of rotatable bonds is 59. The summed E-state index contributed by atoms with van der Waals surface area (Å²) in [5.74, 6) is -2.15. The molecule has 3 N–H and O–H groups in total. The average molecular weight is 1140 g/mol. The van der Waals surface area contributed by atoms with E-state index in [4.69, 9.17) is 37.0 Å². The monoisotopic (exact) mass is 1140 g/mol. The molecule has 0 spiro atoms. The number of aliphatic hydroxyl groups excluding tert-OH is 1. The molecule has 5 atom stereocenters. The van der Waals surface area contributed by atoms with Crippen LogP contribution in [0.4, 0.5) is 0 Å². The zero-order valence-corrected chi connectivity index (χ0v) is 50.7. The van der Waals surface area contributed by atoms with Crippen LogP contribution >= 0.6 is 15.6 Å². The number of hydrogen-bond donors (Lipinski definition) is 3. The topological polar surface area (TPSA) is 237 Å². The van der Waals surface area contributed by atoms with Gasteiger partial charge in [0.25, 0.3) is 0 Å². The van der Waals surface area contributed by atoms with Gasteiger partial charge in [-0.2, -0.15) is 0 Å². The molecule has 0 rings (SSSR count). The Bertz CT molecular complexity index is 1500. The van der Waals surface area contributed by atoms with Gasteiger partial charge in [-0.3, -0.25) is 37.3 Å². The summed E-state index contributed by atoms with van der Waals surface area (Å²) in [7, 11) is -9.86. The number of aliphatic hydroxyl groups is 1. The van der Waals surface area contributed by atoms with E-state index in [2.05, 4.69) is 27.7 Å². The van der Waals surface area contributed by atoms with Crippen molar-refractivity contribution < 1.29 is 80.2 Å². The van der Waals surface area contributed by atoms with Crippen molar-refractivity contribution in [2.45, 2.75) is 309 Å². The van der Waals surface area contributed by atoms with E-state index in [1.54, 1.807) is 0 Å². The highest BCUT2D eigenvalue weighted by Crippen LogP contribution is 2.45. The van der Waals surface area contributed by atoms with Gasteiger partial charge in [-0.25, -0.2) is 9.13 Å². The Balaban J connectivity index is 5.17. The third kappa shape index (κ3) is 53.2. The second-order valence-corrected chi connectivity index (χ2v) is 23.9. The molecule has 0 amide bonds. The van der Waals surface area contributed by atoms with E-state index in [1.165, 1.54) is 109 Å². The van der Waals surface area contributed by atoms with E-state index < -0.39 is 97.5 Å². The SMILES string of the molecule is CCCCCCCCCCCCCCC(=O)OC[C@H](COP(=O)(O)OC[C@@H](O)COP(=O)(O)OC[C@@H](COC(=O)CCCCCCC)OC(=O)CCCCCCCCCC)OC(=O)CCCCCCCCCCCCCC. The van der Waals surface area contributed by atoms with Gasteiger partial charge in [0.2, 0.25) is 0 Å². The lowest BCUT2D eigenvalue weighted by atomic mass is 10.0. The molecule has 0 saturated heterocycles. The van der Waals surface area contributed by atoms with Gasteiger partial charge in [-0.1, -0.05) is 240 Å². The number of esters is 4. The molecular weight excluding hydrogens is 1030 g/mol. The average Bonchev–Trinajstić information content (AvgIpc) is 3.40. The second kappa shape index (κ2) is 53.4. The van der Waals surface area contributed by atoms with Gasteiger partial charge in [0, 0.05) is 25.7 Å². The molecule has 77 heavy (non-hydrogen) atoms. The van der Waals surface area contributed by atoms with Crippen LogP contribution in [-0.4, -0.2) is 96.7 Å². The summed E-state index contributed by atoms with van der Waals surface area (Å²) in [6.45, 7) is 4.74. The number of carbonyl (C=O) groups is 4.